The molecule has 146 valence electrons. The van der Waals surface area contributed by atoms with E-state index in [2.05, 4.69) is 25.6 Å². The SMILES string of the molecule is O=C(CCn1nnc2ccccc2c1=O)Nc1ccc2nc(C3CCC3)[nH]c2c1. The molecule has 1 aliphatic rings. The molecule has 0 saturated heterocycles. The number of anilines is 1. The van der Waals surface area contributed by atoms with Gasteiger partial charge in [0.2, 0.25) is 5.91 Å². The number of H-pyrrole nitrogens is 1. The smallest absolute Gasteiger partial charge is 0.277 e. The predicted molar refractivity (Wildman–Crippen MR) is 110 cm³/mol. The van der Waals surface area contributed by atoms with Crippen LogP contribution in [0.25, 0.3) is 21.9 Å². The number of benzene rings is 2. The van der Waals surface area contributed by atoms with Gasteiger partial charge in [-0.15, -0.1) is 5.10 Å². The number of hydrogen-bond acceptors (Lipinski definition) is 5. The topological polar surface area (TPSA) is 106 Å². The Morgan fingerprint density at radius 1 is 1.17 bits per heavy atom. The van der Waals surface area contributed by atoms with Crippen molar-refractivity contribution < 1.29 is 4.79 Å². The minimum Gasteiger partial charge on any atom is -0.342 e. The van der Waals surface area contributed by atoms with Crippen molar-refractivity contribution in [1.29, 1.82) is 0 Å². The van der Waals surface area contributed by atoms with Crippen LogP contribution in [0.5, 0.6) is 0 Å². The van der Waals surface area contributed by atoms with Gasteiger partial charge in [-0.1, -0.05) is 23.8 Å². The summed E-state index contributed by atoms with van der Waals surface area (Å²) in [7, 11) is 0. The van der Waals surface area contributed by atoms with Crippen molar-refractivity contribution in [3.8, 4) is 0 Å². The molecule has 0 bridgehead atoms. The molecule has 0 spiro atoms. The standard InChI is InChI=1S/C21H20N6O2/c28-19(10-11-27-21(29)15-6-1-2-7-16(15)25-26-27)22-14-8-9-17-18(12-14)24-20(23-17)13-4-3-5-13/h1-2,6-9,12-13H,3-5,10-11H2,(H,22,28)(H,23,24). The Kier molecular flexibility index (Phi) is 4.31. The highest BCUT2D eigenvalue weighted by Gasteiger charge is 2.22. The third-order valence-electron chi connectivity index (χ3n) is 5.46. The van der Waals surface area contributed by atoms with Gasteiger partial charge in [0.1, 0.15) is 11.3 Å². The van der Waals surface area contributed by atoms with Gasteiger partial charge in [0.15, 0.2) is 0 Å². The number of rotatable bonds is 5. The van der Waals surface area contributed by atoms with Gasteiger partial charge in [-0.2, -0.15) is 0 Å². The van der Waals surface area contributed by atoms with Crippen LogP contribution in [0.15, 0.2) is 47.3 Å². The Morgan fingerprint density at radius 2 is 2.03 bits per heavy atom. The summed E-state index contributed by atoms with van der Waals surface area (Å²) in [5.74, 6) is 1.37. The van der Waals surface area contributed by atoms with Gasteiger partial charge < -0.3 is 10.3 Å². The van der Waals surface area contributed by atoms with Crippen LogP contribution in [-0.4, -0.2) is 30.9 Å². The first-order valence-electron chi connectivity index (χ1n) is 9.79. The number of nitrogens with one attached hydrogen (secondary N) is 2. The van der Waals surface area contributed by atoms with Crippen molar-refractivity contribution in [2.24, 2.45) is 0 Å². The minimum atomic E-state index is -0.245. The minimum absolute atomic E-state index is 0.126. The normalized spacial score (nSPS) is 14.2. The van der Waals surface area contributed by atoms with Gasteiger partial charge >= 0.3 is 0 Å². The average Bonchev–Trinajstić information content (AvgIpc) is 3.08. The van der Waals surface area contributed by atoms with E-state index in [4.69, 9.17) is 0 Å². The predicted octanol–water partition coefficient (Wildman–Crippen LogP) is 2.96. The van der Waals surface area contributed by atoms with E-state index in [1.165, 1.54) is 23.9 Å². The molecule has 4 aromatic rings. The number of carbonyl (C=O) groups excluding carboxylic acids is 1. The van der Waals surface area contributed by atoms with Crippen LogP contribution in [-0.2, 0) is 11.3 Å². The molecule has 0 unspecified atom stereocenters. The molecule has 0 aliphatic heterocycles. The summed E-state index contributed by atoms with van der Waals surface area (Å²) in [6.07, 6.45) is 3.75. The van der Waals surface area contributed by atoms with E-state index in [1.807, 2.05) is 18.2 Å². The Hall–Kier alpha value is -3.55. The first-order chi connectivity index (χ1) is 14.2. The van der Waals surface area contributed by atoms with Gasteiger partial charge in [0.05, 0.1) is 23.0 Å². The molecule has 2 aromatic carbocycles. The van der Waals surface area contributed by atoms with Crippen molar-refractivity contribution in [3.05, 3.63) is 58.6 Å². The monoisotopic (exact) mass is 388 g/mol. The van der Waals surface area contributed by atoms with Crippen LogP contribution in [0.1, 0.15) is 37.4 Å². The lowest BCUT2D eigenvalue weighted by molar-refractivity contribution is -0.116. The van der Waals surface area contributed by atoms with Gasteiger partial charge in [0, 0.05) is 18.0 Å². The zero-order chi connectivity index (χ0) is 19.8. The molecule has 0 atom stereocenters. The number of aryl methyl sites for hydroxylation is 1. The highest BCUT2D eigenvalue weighted by atomic mass is 16.2. The number of imidazole rings is 1. The molecule has 2 N–H and O–H groups in total. The summed E-state index contributed by atoms with van der Waals surface area (Å²) in [5, 5.41) is 11.3. The fraction of sp³-hybridized carbons (Fsp3) is 0.286. The zero-order valence-electron chi connectivity index (χ0n) is 15.8. The lowest BCUT2D eigenvalue weighted by atomic mass is 9.85. The quantitative estimate of drug-likeness (QED) is 0.547. The van der Waals surface area contributed by atoms with Crippen LogP contribution in [0.2, 0.25) is 0 Å². The molecule has 8 heteroatoms. The lowest BCUT2D eigenvalue weighted by Crippen LogP contribution is -2.26. The van der Waals surface area contributed by atoms with Crippen LogP contribution in [0.4, 0.5) is 5.69 Å². The highest BCUT2D eigenvalue weighted by molar-refractivity contribution is 5.93. The summed E-state index contributed by atoms with van der Waals surface area (Å²) in [6.45, 7) is 0.167. The van der Waals surface area contributed by atoms with Crippen LogP contribution >= 0.6 is 0 Å². The fourth-order valence-electron chi connectivity index (χ4n) is 3.58. The van der Waals surface area contributed by atoms with Crippen molar-refractivity contribution >= 4 is 33.5 Å². The molecular weight excluding hydrogens is 368 g/mol. The lowest BCUT2D eigenvalue weighted by Gasteiger charge is -2.22. The van der Waals surface area contributed by atoms with Gasteiger partial charge in [-0.05, 0) is 43.2 Å². The second kappa shape index (κ2) is 7.12. The summed E-state index contributed by atoms with van der Waals surface area (Å²) in [4.78, 5) is 32.8. The Bertz CT molecular complexity index is 1270. The molecule has 1 saturated carbocycles. The second-order valence-electron chi connectivity index (χ2n) is 7.41. The second-order valence-corrected chi connectivity index (χ2v) is 7.41. The number of nitrogens with zero attached hydrogens (tertiary/aromatic N) is 4. The van der Waals surface area contributed by atoms with Crippen molar-refractivity contribution in [2.45, 2.75) is 38.1 Å². The summed E-state index contributed by atoms with van der Waals surface area (Å²) >= 11 is 0. The number of carbonyl (C=O) groups is 1. The molecule has 29 heavy (non-hydrogen) atoms. The van der Waals surface area contributed by atoms with Gasteiger partial charge in [-0.25, -0.2) is 9.67 Å². The highest BCUT2D eigenvalue weighted by Crippen LogP contribution is 2.35. The van der Waals surface area contributed by atoms with Crippen LogP contribution in [0, 0.1) is 0 Å². The van der Waals surface area contributed by atoms with E-state index in [0.29, 0.717) is 22.5 Å². The molecule has 1 fully saturated rings. The molecule has 0 radical (unpaired) electrons. The maximum Gasteiger partial charge on any atom is 0.277 e. The number of aromatic nitrogens is 5. The third kappa shape index (κ3) is 3.37. The van der Waals surface area contributed by atoms with E-state index in [1.54, 1.807) is 24.3 Å². The van der Waals surface area contributed by atoms with Crippen molar-refractivity contribution in [3.63, 3.8) is 0 Å². The fourth-order valence-corrected chi connectivity index (χ4v) is 3.58. The Morgan fingerprint density at radius 3 is 2.86 bits per heavy atom. The molecule has 5 rings (SSSR count). The first kappa shape index (κ1) is 17.5. The first-order valence-corrected chi connectivity index (χ1v) is 9.79. The maximum absolute atomic E-state index is 12.5. The molecular formula is C21H20N6O2. The van der Waals surface area contributed by atoms with Gasteiger partial charge in [0.25, 0.3) is 5.56 Å². The summed E-state index contributed by atoms with van der Waals surface area (Å²) in [6, 6.07) is 12.7. The molecule has 2 heterocycles. The molecule has 8 nitrogen and oxygen atoms in total. The average molecular weight is 388 g/mol. The van der Waals surface area contributed by atoms with E-state index < -0.39 is 0 Å². The Labute approximate surface area is 166 Å². The van der Waals surface area contributed by atoms with Gasteiger partial charge in [-0.3, -0.25) is 9.59 Å². The molecule has 1 amide bonds. The largest absolute Gasteiger partial charge is 0.342 e. The van der Waals surface area contributed by atoms with Crippen LogP contribution in [0.3, 0.4) is 0 Å². The molecule has 2 aromatic heterocycles. The van der Waals surface area contributed by atoms with E-state index in [0.717, 1.165) is 16.9 Å². The van der Waals surface area contributed by atoms with Crippen molar-refractivity contribution in [1.82, 2.24) is 25.0 Å². The zero-order valence-corrected chi connectivity index (χ0v) is 15.8. The summed E-state index contributed by atoms with van der Waals surface area (Å²) in [5.41, 5.74) is 2.82. The molecule has 1 aliphatic carbocycles. The number of fused-ring (bicyclic) bond motifs is 2. The van der Waals surface area contributed by atoms with E-state index in [9.17, 15) is 9.59 Å². The maximum atomic E-state index is 12.5. The van der Waals surface area contributed by atoms with Crippen LogP contribution < -0.4 is 10.9 Å². The summed E-state index contributed by atoms with van der Waals surface area (Å²) < 4.78 is 1.23. The third-order valence-corrected chi connectivity index (χ3v) is 5.46. The Balaban J connectivity index is 1.27. The van der Waals surface area contributed by atoms with E-state index in [-0.39, 0.29) is 24.4 Å². The van der Waals surface area contributed by atoms with E-state index >= 15 is 0 Å². The van der Waals surface area contributed by atoms with Crippen molar-refractivity contribution in [2.75, 3.05) is 5.32 Å². The number of aromatic amines is 1. The number of hydrogen-bond donors (Lipinski definition) is 2. The number of amides is 1.